The van der Waals surface area contributed by atoms with E-state index >= 15 is 0 Å². The first-order chi connectivity index (χ1) is 12.0. The Morgan fingerprint density at radius 1 is 1.24 bits per heavy atom. The van der Waals surface area contributed by atoms with Crippen molar-refractivity contribution in [1.82, 2.24) is 0 Å². The number of carbonyl (C=O) groups excluding carboxylic acids is 1. The van der Waals surface area contributed by atoms with Gasteiger partial charge >= 0.3 is 6.16 Å². The second kappa shape index (κ2) is 9.15. The molecular formula is C19H21BrO4S. The first-order valence-corrected chi connectivity index (χ1v) is 9.85. The van der Waals surface area contributed by atoms with Crippen molar-refractivity contribution < 1.29 is 19.0 Å². The molecule has 25 heavy (non-hydrogen) atoms. The fourth-order valence-corrected chi connectivity index (χ4v) is 3.57. The summed E-state index contributed by atoms with van der Waals surface area (Å²) in [6.45, 7) is 4.48. The Bertz CT molecular complexity index is 761. The van der Waals surface area contributed by atoms with Crippen molar-refractivity contribution >= 4 is 33.8 Å². The molecule has 0 saturated heterocycles. The predicted molar refractivity (Wildman–Crippen MR) is 104 cm³/mol. The number of aryl methyl sites for hydroxylation is 2. The lowest BCUT2D eigenvalue weighted by Crippen LogP contribution is -2.10. The average molecular weight is 425 g/mol. The van der Waals surface area contributed by atoms with Crippen LogP contribution in [0.1, 0.15) is 23.6 Å². The highest BCUT2D eigenvalue weighted by Gasteiger charge is 2.15. The van der Waals surface area contributed by atoms with E-state index in [-0.39, 0.29) is 6.61 Å². The predicted octanol–water partition coefficient (Wildman–Crippen LogP) is 5.77. The van der Waals surface area contributed by atoms with Gasteiger partial charge in [-0.1, -0.05) is 13.0 Å². The fraction of sp³-hybridized carbons (Fsp3) is 0.316. The maximum Gasteiger partial charge on any atom is 0.513 e. The van der Waals surface area contributed by atoms with Crippen LogP contribution >= 0.6 is 27.7 Å². The van der Waals surface area contributed by atoms with Gasteiger partial charge in [0.25, 0.3) is 0 Å². The molecule has 0 fully saturated rings. The van der Waals surface area contributed by atoms with Crippen LogP contribution in [0.4, 0.5) is 4.79 Å². The zero-order valence-corrected chi connectivity index (χ0v) is 17.1. The summed E-state index contributed by atoms with van der Waals surface area (Å²) in [7, 11) is 1.28. The molecule has 4 nitrogen and oxygen atoms in total. The molecule has 0 aliphatic heterocycles. The van der Waals surface area contributed by atoms with Crippen LogP contribution in [-0.4, -0.2) is 19.5 Å². The number of hydrogen-bond donors (Lipinski definition) is 0. The monoisotopic (exact) mass is 424 g/mol. The van der Waals surface area contributed by atoms with Gasteiger partial charge in [-0.25, -0.2) is 4.79 Å². The molecule has 0 spiro atoms. The maximum atomic E-state index is 11.5. The molecule has 2 aromatic carbocycles. The lowest BCUT2D eigenvalue weighted by molar-refractivity contribution is 0.120. The van der Waals surface area contributed by atoms with Crippen molar-refractivity contribution in [2.24, 2.45) is 0 Å². The van der Waals surface area contributed by atoms with Crippen LogP contribution in [0.25, 0.3) is 0 Å². The van der Waals surface area contributed by atoms with E-state index in [0.29, 0.717) is 5.75 Å². The SMILES string of the molecule is CCc1cc(Br)c(OCc2c(OC(=O)OC)cccc2SC)cc1C. The van der Waals surface area contributed by atoms with Gasteiger partial charge in [0.2, 0.25) is 0 Å². The quantitative estimate of drug-likeness (QED) is 0.334. The van der Waals surface area contributed by atoms with E-state index in [9.17, 15) is 4.79 Å². The van der Waals surface area contributed by atoms with Crippen LogP contribution in [0.2, 0.25) is 0 Å². The van der Waals surface area contributed by atoms with Crippen molar-refractivity contribution in [3.63, 3.8) is 0 Å². The number of rotatable bonds is 6. The zero-order valence-electron chi connectivity index (χ0n) is 14.7. The molecule has 0 radical (unpaired) electrons. The summed E-state index contributed by atoms with van der Waals surface area (Å²) in [5.74, 6) is 1.20. The highest BCUT2D eigenvalue weighted by Crippen LogP contribution is 2.33. The van der Waals surface area contributed by atoms with Crippen molar-refractivity contribution in [3.05, 3.63) is 51.5 Å². The van der Waals surface area contributed by atoms with E-state index in [1.54, 1.807) is 17.8 Å². The molecule has 0 N–H and O–H groups in total. The van der Waals surface area contributed by atoms with Crippen LogP contribution in [0.5, 0.6) is 11.5 Å². The molecule has 0 unspecified atom stereocenters. The number of halogens is 1. The highest BCUT2D eigenvalue weighted by atomic mass is 79.9. The van der Waals surface area contributed by atoms with Gasteiger partial charge < -0.3 is 14.2 Å². The van der Waals surface area contributed by atoms with E-state index in [1.807, 2.05) is 24.5 Å². The van der Waals surface area contributed by atoms with Gasteiger partial charge in [0, 0.05) is 10.5 Å². The smallest absolute Gasteiger partial charge is 0.488 e. The van der Waals surface area contributed by atoms with Gasteiger partial charge in [-0.05, 0) is 70.9 Å². The third-order valence-electron chi connectivity index (χ3n) is 3.81. The number of thioether (sulfide) groups is 1. The Labute approximate surface area is 161 Å². The Kier molecular flexibility index (Phi) is 7.20. The number of ether oxygens (including phenoxy) is 3. The average Bonchev–Trinajstić information content (AvgIpc) is 2.62. The topological polar surface area (TPSA) is 44.8 Å². The van der Waals surface area contributed by atoms with E-state index < -0.39 is 6.16 Å². The third-order valence-corrected chi connectivity index (χ3v) is 5.26. The normalized spacial score (nSPS) is 10.4. The van der Waals surface area contributed by atoms with Gasteiger partial charge in [-0.15, -0.1) is 11.8 Å². The Balaban J connectivity index is 2.28. The van der Waals surface area contributed by atoms with Crippen LogP contribution in [0.3, 0.4) is 0 Å². The lowest BCUT2D eigenvalue weighted by Gasteiger charge is -2.16. The summed E-state index contributed by atoms with van der Waals surface area (Å²) in [5, 5.41) is 0. The Hall–Kier alpha value is -1.66. The van der Waals surface area contributed by atoms with Gasteiger partial charge in [0.1, 0.15) is 18.1 Å². The summed E-state index contributed by atoms with van der Waals surface area (Å²) in [6, 6.07) is 9.63. The van der Waals surface area contributed by atoms with Crippen molar-refractivity contribution in [3.8, 4) is 11.5 Å². The molecule has 0 aliphatic rings. The molecule has 0 aliphatic carbocycles. The van der Waals surface area contributed by atoms with Crippen LogP contribution in [0.15, 0.2) is 39.7 Å². The van der Waals surface area contributed by atoms with Gasteiger partial charge in [0.15, 0.2) is 0 Å². The molecule has 2 aromatic rings. The summed E-state index contributed by atoms with van der Waals surface area (Å²) in [6.07, 6.45) is 2.19. The number of carbonyl (C=O) groups is 1. The summed E-state index contributed by atoms with van der Waals surface area (Å²) in [4.78, 5) is 12.5. The third kappa shape index (κ3) is 4.92. The molecule has 0 aromatic heterocycles. The summed E-state index contributed by atoms with van der Waals surface area (Å²) >= 11 is 5.13. The van der Waals surface area contributed by atoms with Gasteiger partial charge in [0.05, 0.1) is 11.6 Å². The second-order valence-corrected chi connectivity index (χ2v) is 7.05. The first kappa shape index (κ1) is 19.7. The minimum Gasteiger partial charge on any atom is -0.488 e. The van der Waals surface area contributed by atoms with Crippen molar-refractivity contribution in [2.45, 2.75) is 31.8 Å². The molecular weight excluding hydrogens is 404 g/mol. The molecule has 0 bridgehead atoms. The van der Waals surface area contributed by atoms with Gasteiger partial charge in [-0.2, -0.15) is 0 Å². The van der Waals surface area contributed by atoms with Crippen molar-refractivity contribution in [2.75, 3.05) is 13.4 Å². The molecule has 6 heteroatoms. The molecule has 134 valence electrons. The minimum atomic E-state index is -0.746. The van der Waals surface area contributed by atoms with E-state index in [0.717, 1.165) is 27.1 Å². The highest BCUT2D eigenvalue weighted by molar-refractivity contribution is 9.10. The minimum absolute atomic E-state index is 0.285. The zero-order chi connectivity index (χ0) is 18.4. The summed E-state index contributed by atoms with van der Waals surface area (Å²) in [5.41, 5.74) is 3.27. The Morgan fingerprint density at radius 2 is 2.00 bits per heavy atom. The molecule has 0 atom stereocenters. The van der Waals surface area contributed by atoms with Gasteiger partial charge in [-0.3, -0.25) is 0 Å². The van der Waals surface area contributed by atoms with Crippen molar-refractivity contribution in [1.29, 1.82) is 0 Å². The lowest BCUT2D eigenvalue weighted by atomic mass is 10.1. The first-order valence-electron chi connectivity index (χ1n) is 7.83. The molecule has 0 saturated carbocycles. The maximum absolute atomic E-state index is 11.5. The number of benzene rings is 2. The van der Waals surface area contributed by atoms with E-state index in [2.05, 4.69) is 40.6 Å². The van der Waals surface area contributed by atoms with E-state index in [4.69, 9.17) is 9.47 Å². The standard InChI is InChI=1S/C19H21BrO4S/c1-5-13-10-15(20)17(9-12(13)2)23-11-14-16(24-19(21)22-3)7-6-8-18(14)25-4/h6-10H,5,11H2,1-4H3. The molecule has 0 heterocycles. The van der Waals surface area contributed by atoms with Crippen LogP contribution < -0.4 is 9.47 Å². The van der Waals surface area contributed by atoms with E-state index in [1.165, 1.54) is 18.2 Å². The van der Waals surface area contributed by atoms with Crippen LogP contribution in [0, 0.1) is 6.92 Å². The number of methoxy groups -OCH3 is 1. The second-order valence-electron chi connectivity index (χ2n) is 5.34. The largest absolute Gasteiger partial charge is 0.513 e. The Morgan fingerprint density at radius 3 is 2.64 bits per heavy atom. The molecule has 2 rings (SSSR count). The molecule has 0 amide bonds. The number of hydrogen-bond acceptors (Lipinski definition) is 5. The fourth-order valence-electron chi connectivity index (χ4n) is 2.44. The summed E-state index contributed by atoms with van der Waals surface area (Å²) < 4.78 is 16.8. The van der Waals surface area contributed by atoms with Crippen LogP contribution in [-0.2, 0) is 17.8 Å².